The van der Waals surface area contributed by atoms with Crippen LogP contribution in [0.4, 0.5) is 4.79 Å². The van der Waals surface area contributed by atoms with Gasteiger partial charge in [0, 0.05) is 12.5 Å². The number of amides is 1. The van der Waals surface area contributed by atoms with E-state index in [1.54, 1.807) is 0 Å². The van der Waals surface area contributed by atoms with Crippen LogP contribution in [0.25, 0.3) is 11.1 Å². The van der Waals surface area contributed by atoms with Gasteiger partial charge >= 0.3 is 12.1 Å². The first-order valence-electron chi connectivity index (χ1n) is 8.47. The normalized spacial score (nSPS) is 20.5. The van der Waals surface area contributed by atoms with Crippen LogP contribution < -0.4 is 5.32 Å². The third-order valence-corrected chi connectivity index (χ3v) is 5.09. The number of hydrogen-bond acceptors (Lipinski definition) is 3. The number of nitrogens with one attached hydrogen (secondary N) is 1. The van der Waals surface area contributed by atoms with Crippen LogP contribution in [0.2, 0.25) is 0 Å². The first-order valence-corrected chi connectivity index (χ1v) is 8.47. The van der Waals surface area contributed by atoms with E-state index >= 15 is 0 Å². The zero-order valence-corrected chi connectivity index (χ0v) is 13.6. The van der Waals surface area contributed by atoms with Gasteiger partial charge in [-0.05, 0) is 34.6 Å². The highest BCUT2D eigenvalue weighted by Gasteiger charge is 2.43. The molecular weight excluding hydrogens is 318 g/mol. The topological polar surface area (TPSA) is 75.6 Å². The molecule has 4 rings (SSSR count). The Kier molecular flexibility index (Phi) is 3.92. The molecule has 0 radical (unpaired) electrons. The molecule has 0 heterocycles. The number of fused-ring (bicyclic) bond motifs is 3. The van der Waals surface area contributed by atoms with Crippen molar-refractivity contribution < 1.29 is 19.4 Å². The lowest BCUT2D eigenvalue weighted by molar-refractivity contribution is -0.138. The molecule has 2 aliphatic carbocycles. The molecule has 0 aromatic heterocycles. The van der Waals surface area contributed by atoms with Crippen molar-refractivity contribution in [2.24, 2.45) is 11.8 Å². The minimum atomic E-state index is -0.792. The smallest absolute Gasteiger partial charge is 0.407 e. The van der Waals surface area contributed by atoms with Crippen LogP contribution in [0.1, 0.15) is 23.5 Å². The average molecular weight is 337 g/mol. The highest BCUT2D eigenvalue weighted by Crippen LogP contribution is 2.44. The zero-order valence-electron chi connectivity index (χ0n) is 13.6. The minimum Gasteiger partial charge on any atom is -0.481 e. The van der Waals surface area contributed by atoms with E-state index in [9.17, 15) is 9.59 Å². The van der Waals surface area contributed by atoms with Crippen molar-refractivity contribution in [3.63, 3.8) is 0 Å². The van der Waals surface area contributed by atoms with Crippen LogP contribution in [0.3, 0.4) is 0 Å². The Bertz CT molecular complexity index is 786. The minimum absolute atomic E-state index is 0.0259. The van der Waals surface area contributed by atoms with Crippen LogP contribution in [0.15, 0.2) is 48.5 Å². The molecule has 2 atom stereocenters. The second-order valence-electron chi connectivity index (χ2n) is 6.65. The van der Waals surface area contributed by atoms with Gasteiger partial charge in [-0.2, -0.15) is 0 Å². The fraction of sp³-hybridized carbons (Fsp3) is 0.300. The summed E-state index contributed by atoms with van der Waals surface area (Å²) >= 11 is 0. The van der Waals surface area contributed by atoms with E-state index in [0.717, 1.165) is 0 Å². The molecule has 1 amide bonds. The molecular formula is C20H19NO4. The molecule has 0 unspecified atom stereocenters. The molecule has 0 bridgehead atoms. The van der Waals surface area contributed by atoms with Crippen molar-refractivity contribution in [3.8, 4) is 11.1 Å². The zero-order chi connectivity index (χ0) is 17.4. The van der Waals surface area contributed by atoms with Crippen LogP contribution in [-0.4, -0.2) is 30.3 Å². The maximum Gasteiger partial charge on any atom is 0.407 e. The number of alkyl carbamates (subject to hydrolysis) is 1. The van der Waals surface area contributed by atoms with E-state index < -0.39 is 12.1 Å². The molecule has 1 fully saturated rings. The summed E-state index contributed by atoms with van der Waals surface area (Å²) in [5.74, 6) is -1.06. The molecule has 0 saturated heterocycles. The third kappa shape index (κ3) is 2.97. The van der Waals surface area contributed by atoms with Crippen LogP contribution in [0, 0.1) is 11.8 Å². The van der Waals surface area contributed by atoms with Crippen molar-refractivity contribution in [1.29, 1.82) is 0 Å². The maximum atomic E-state index is 12.0. The van der Waals surface area contributed by atoms with Crippen LogP contribution in [-0.2, 0) is 9.53 Å². The van der Waals surface area contributed by atoms with Gasteiger partial charge in [-0.25, -0.2) is 4.79 Å². The quantitative estimate of drug-likeness (QED) is 0.878. The summed E-state index contributed by atoms with van der Waals surface area (Å²) in [7, 11) is 0. The van der Waals surface area contributed by atoms with Crippen molar-refractivity contribution in [2.45, 2.75) is 12.3 Å². The van der Waals surface area contributed by atoms with E-state index in [1.165, 1.54) is 22.3 Å². The molecule has 5 heteroatoms. The molecule has 1 saturated carbocycles. The Labute approximate surface area is 145 Å². The summed E-state index contributed by atoms with van der Waals surface area (Å²) in [6.07, 6.45) is 0.136. The van der Waals surface area contributed by atoms with Crippen molar-refractivity contribution in [2.75, 3.05) is 13.2 Å². The fourth-order valence-corrected chi connectivity index (χ4v) is 3.64. The summed E-state index contributed by atoms with van der Waals surface area (Å²) in [4.78, 5) is 22.8. The Morgan fingerprint density at radius 3 is 2.20 bits per heavy atom. The van der Waals surface area contributed by atoms with Gasteiger partial charge < -0.3 is 15.2 Å². The predicted molar refractivity (Wildman–Crippen MR) is 92.3 cm³/mol. The second kappa shape index (κ2) is 6.24. The first kappa shape index (κ1) is 15.7. The number of carbonyl (C=O) groups is 2. The lowest BCUT2D eigenvalue weighted by Crippen LogP contribution is -2.28. The van der Waals surface area contributed by atoms with Crippen LogP contribution >= 0.6 is 0 Å². The SMILES string of the molecule is O=C(NC[C@H]1C[C@@H]1C(=O)O)OCC1c2ccccc2-c2ccccc21. The second-order valence-corrected chi connectivity index (χ2v) is 6.65. The predicted octanol–water partition coefficient (Wildman–Crippen LogP) is 3.25. The summed E-state index contributed by atoms with van der Waals surface area (Å²) in [6, 6.07) is 16.3. The number of carboxylic acids is 1. The first-order chi connectivity index (χ1) is 12.1. The van der Waals surface area contributed by atoms with Gasteiger partial charge in [-0.3, -0.25) is 4.79 Å². The number of hydrogen-bond donors (Lipinski definition) is 2. The molecule has 128 valence electrons. The molecule has 5 nitrogen and oxygen atoms in total. The van der Waals surface area contributed by atoms with E-state index in [1.807, 2.05) is 24.3 Å². The van der Waals surface area contributed by atoms with Crippen molar-refractivity contribution in [1.82, 2.24) is 5.32 Å². The number of carboxylic acid groups (broad SMARTS) is 1. The Hall–Kier alpha value is -2.82. The van der Waals surface area contributed by atoms with Gasteiger partial charge in [-0.1, -0.05) is 48.5 Å². The number of carbonyl (C=O) groups excluding carboxylic acids is 1. The average Bonchev–Trinajstić information content (AvgIpc) is 3.34. The Balaban J connectivity index is 1.38. The number of aliphatic carboxylic acids is 1. The third-order valence-electron chi connectivity index (χ3n) is 5.09. The summed E-state index contributed by atoms with van der Waals surface area (Å²) in [6.45, 7) is 0.626. The molecule has 25 heavy (non-hydrogen) atoms. The molecule has 2 aromatic carbocycles. The monoisotopic (exact) mass is 337 g/mol. The number of ether oxygens (including phenoxy) is 1. The highest BCUT2D eigenvalue weighted by molar-refractivity contribution is 5.79. The van der Waals surface area contributed by atoms with Gasteiger partial charge in [0.2, 0.25) is 0 Å². The van der Waals surface area contributed by atoms with E-state index in [2.05, 4.69) is 29.6 Å². The van der Waals surface area contributed by atoms with Gasteiger partial charge in [-0.15, -0.1) is 0 Å². The summed E-state index contributed by atoms with van der Waals surface area (Å²) < 4.78 is 5.42. The summed E-state index contributed by atoms with van der Waals surface area (Å²) in [5, 5.41) is 11.6. The standard InChI is InChI=1S/C20H19NO4/c22-19(23)17-9-12(17)10-21-20(24)25-11-18-15-7-3-1-5-13(15)14-6-2-4-8-16(14)18/h1-8,12,17-18H,9-11H2,(H,21,24)(H,22,23)/t12-,17+/m1/s1. The van der Waals surface area contributed by atoms with Crippen molar-refractivity contribution in [3.05, 3.63) is 59.7 Å². The molecule has 0 aliphatic heterocycles. The van der Waals surface area contributed by atoms with Gasteiger partial charge in [0.05, 0.1) is 5.92 Å². The van der Waals surface area contributed by atoms with Gasteiger partial charge in [0.25, 0.3) is 0 Å². The van der Waals surface area contributed by atoms with E-state index in [-0.39, 0.29) is 24.4 Å². The van der Waals surface area contributed by atoms with Crippen LogP contribution in [0.5, 0.6) is 0 Å². The molecule has 2 N–H and O–H groups in total. The van der Waals surface area contributed by atoms with Gasteiger partial charge in [0.1, 0.15) is 6.61 Å². The number of benzene rings is 2. The van der Waals surface area contributed by atoms with E-state index in [0.29, 0.717) is 13.0 Å². The highest BCUT2D eigenvalue weighted by atomic mass is 16.5. The van der Waals surface area contributed by atoms with Gasteiger partial charge in [0.15, 0.2) is 0 Å². The number of rotatable bonds is 5. The summed E-state index contributed by atoms with van der Waals surface area (Å²) in [5.41, 5.74) is 4.72. The van der Waals surface area contributed by atoms with Crippen molar-refractivity contribution >= 4 is 12.1 Å². The molecule has 0 spiro atoms. The lowest BCUT2D eigenvalue weighted by atomic mass is 9.98. The Morgan fingerprint density at radius 2 is 1.64 bits per heavy atom. The lowest BCUT2D eigenvalue weighted by Gasteiger charge is -2.14. The largest absolute Gasteiger partial charge is 0.481 e. The maximum absolute atomic E-state index is 12.0. The molecule has 2 aromatic rings. The Morgan fingerprint density at radius 1 is 1.04 bits per heavy atom. The fourth-order valence-electron chi connectivity index (χ4n) is 3.64. The molecule has 2 aliphatic rings. The van der Waals surface area contributed by atoms with E-state index in [4.69, 9.17) is 9.84 Å².